The maximum atomic E-state index is 13.2. The largest absolute Gasteiger partial charge is 0.497 e. The number of carbonyl (C=O) groups is 1. The van der Waals surface area contributed by atoms with E-state index >= 15 is 0 Å². The van der Waals surface area contributed by atoms with Crippen LogP contribution in [0.4, 0.5) is 5.82 Å². The van der Waals surface area contributed by atoms with Crippen LogP contribution in [0.25, 0.3) is 11.3 Å². The topological polar surface area (TPSA) is 95.9 Å². The standard InChI is InChI=1S/C28H33N5O4S/c1-4-15-33(38(35,36)25-11-9-22(2)10-12-25)21-28(34)32-17-6-16-31(18-19-32)27-14-13-26(29-30-27)23-7-5-8-24(20-23)37-3/h4-5,7-14,20H,1,6,15-19,21H2,2-3H3. The Morgan fingerprint density at radius 2 is 1.84 bits per heavy atom. The minimum Gasteiger partial charge on any atom is -0.497 e. The second-order valence-electron chi connectivity index (χ2n) is 9.13. The maximum absolute atomic E-state index is 13.2. The SMILES string of the molecule is C=CCN(CC(=O)N1CCCN(c2ccc(-c3cccc(OC)c3)nn2)CC1)S(=O)(=O)c1ccc(C)cc1. The lowest BCUT2D eigenvalue weighted by molar-refractivity contribution is -0.131. The van der Waals surface area contributed by atoms with Crippen LogP contribution in [0.1, 0.15) is 12.0 Å². The fraction of sp³-hybridized carbons (Fsp3) is 0.321. The van der Waals surface area contributed by atoms with Gasteiger partial charge in [0.15, 0.2) is 5.82 Å². The summed E-state index contributed by atoms with van der Waals surface area (Å²) >= 11 is 0. The smallest absolute Gasteiger partial charge is 0.243 e. The predicted molar refractivity (Wildman–Crippen MR) is 148 cm³/mol. The van der Waals surface area contributed by atoms with Gasteiger partial charge in [0.2, 0.25) is 15.9 Å². The van der Waals surface area contributed by atoms with Gasteiger partial charge in [0.1, 0.15) is 5.75 Å². The van der Waals surface area contributed by atoms with Gasteiger partial charge in [0.25, 0.3) is 0 Å². The third kappa shape index (κ3) is 6.38. The van der Waals surface area contributed by atoms with Crippen LogP contribution in [0.3, 0.4) is 0 Å². The fourth-order valence-corrected chi connectivity index (χ4v) is 5.69. The quantitative estimate of drug-likeness (QED) is 0.388. The summed E-state index contributed by atoms with van der Waals surface area (Å²) in [5.74, 6) is 1.26. The third-order valence-electron chi connectivity index (χ3n) is 6.49. The van der Waals surface area contributed by atoms with Crippen LogP contribution in [-0.2, 0) is 14.8 Å². The summed E-state index contributed by atoms with van der Waals surface area (Å²) in [7, 11) is -2.20. The molecule has 3 aromatic rings. The lowest BCUT2D eigenvalue weighted by atomic mass is 10.1. The van der Waals surface area contributed by atoms with Crippen molar-refractivity contribution >= 4 is 21.7 Å². The van der Waals surface area contributed by atoms with Crippen LogP contribution in [0.5, 0.6) is 5.75 Å². The minimum absolute atomic E-state index is 0.0527. The van der Waals surface area contributed by atoms with Crippen molar-refractivity contribution in [3.8, 4) is 17.0 Å². The number of hydrogen-bond donors (Lipinski definition) is 0. The lowest BCUT2D eigenvalue weighted by Gasteiger charge is -2.26. The van der Waals surface area contributed by atoms with Crippen molar-refractivity contribution in [1.29, 1.82) is 0 Å². The number of aromatic nitrogens is 2. The molecule has 1 aliphatic rings. The van der Waals surface area contributed by atoms with Crippen molar-refractivity contribution in [2.45, 2.75) is 18.2 Å². The number of anilines is 1. The van der Waals surface area contributed by atoms with E-state index in [-0.39, 0.29) is 23.9 Å². The zero-order valence-corrected chi connectivity index (χ0v) is 22.6. The highest BCUT2D eigenvalue weighted by Gasteiger charge is 2.28. The highest BCUT2D eigenvalue weighted by atomic mass is 32.2. The molecule has 1 aliphatic heterocycles. The molecule has 0 N–H and O–H groups in total. The van der Waals surface area contributed by atoms with Crippen LogP contribution < -0.4 is 9.64 Å². The number of sulfonamides is 1. The average molecular weight is 536 g/mol. The first kappa shape index (κ1) is 27.3. The van der Waals surface area contributed by atoms with Gasteiger partial charge < -0.3 is 14.5 Å². The molecule has 2 aromatic carbocycles. The molecule has 0 bridgehead atoms. The molecule has 1 aromatic heterocycles. The Kier molecular flexibility index (Phi) is 8.75. The van der Waals surface area contributed by atoms with Crippen molar-refractivity contribution in [2.24, 2.45) is 0 Å². The van der Waals surface area contributed by atoms with Crippen molar-refractivity contribution in [1.82, 2.24) is 19.4 Å². The maximum Gasteiger partial charge on any atom is 0.243 e. The number of aryl methyl sites for hydroxylation is 1. The second kappa shape index (κ2) is 12.2. The molecule has 0 saturated carbocycles. The van der Waals surface area contributed by atoms with Gasteiger partial charge in [-0.1, -0.05) is 35.9 Å². The summed E-state index contributed by atoms with van der Waals surface area (Å²) in [4.78, 5) is 17.2. The molecule has 200 valence electrons. The number of carbonyl (C=O) groups excluding carboxylic acids is 1. The van der Waals surface area contributed by atoms with Crippen molar-refractivity contribution in [3.05, 3.63) is 78.9 Å². The molecule has 2 heterocycles. The fourth-order valence-electron chi connectivity index (χ4n) is 4.33. The number of ether oxygens (including phenoxy) is 1. The predicted octanol–water partition coefficient (Wildman–Crippen LogP) is 3.38. The Hall–Kier alpha value is -3.76. The normalized spacial score (nSPS) is 14.3. The molecule has 0 atom stereocenters. The summed E-state index contributed by atoms with van der Waals surface area (Å²) in [6.45, 7) is 7.68. The van der Waals surface area contributed by atoms with Crippen LogP contribution in [0, 0.1) is 6.92 Å². The van der Waals surface area contributed by atoms with E-state index in [2.05, 4.69) is 21.7 Å². The number of methoxy groups -OCH3 is 1. The second-order valence-corrected chi connectivity index (χ2v) is 11.1. The Labute approximate surface area is 224 Å². The van der Waals surface area contributed by atoms with Gasteiger partial charge in [-0.05, 0) is 49.7 Å². The van der Waals surface area contributed by atoms with Gasteiger partial charge in [0.05, 0.1) is 24.2 Å². The molecule has 0 radical (unpaired) electrons. The zero-order valence-electron chi connectivity index (χ0n) is 21.8. The van der Waals surface area contributed by atoms with Crippen molar-refractivity contribution < 1.29 is 17.9 Å². The van der Waals surface area contributed by atoms with E-state index in [0.717, 1.165) is 41.4 Å². The van der Waals surface area contributed by atoms with E-state index in [9.17, 15) is 13.2 Å². The van der Waals surface area contributed by atoms with E-state index in [1.54, 1.807) is 36.3 Å². The van der Waals surface area contributed by atoms with Crippen LogP contribution >= 0.6 is 0 Å². The number of benzene rings is 2. The van der Waals surface area contributed by atoms with Gasteiger partial charge in [-0.2, -0.15) is 4.31 Å². The summed E-state index contributed by atoms with van der Waals surface area (Å²) in [6, 6.07) is 18.1. The Morgan fingerprint density at radius 3 is 2.53 bits per heavy atom. The Balaban J connectivity index is 1.40. The minimum atomic E-state index is -3.83. The Bertz CT molecular complexity index is 1360. The van der Waals surface area contributed by atoms with Gasteiger partial charge in [-0.15, -0.1) is 16.8 Å². The Morgan fingerprint density at radius 1 is 1.05 bits per heavy atom. The first-order valence-corrected chi connectivity index (χ1v) is 13.9. The monoisotopic (exact) mass is 535 g/mol. The molecular weight excluding hydrogens is 502 g/mol. The molecule has 1 saturated heterocycles. The highest BCUT2D eigenvalue weighted by molar-refractivity contribution is 7.89. The van der Waals surface area contributed by atoms with E-state index in [1.807, 2.05) is 43.3 Å². The first-order chi connectivity index (χ1) is 18.3. The van der Waals surface area contributed by atoms with Gasteiger partial charge in [0, 0.05) is 38.3 Å². The summed E-state index contributed by atoms with van der Waals surface area (Å²) in [6.07, 6.45) is 2.23. The summed E-state index contributed by atoms with van der Waals surface area (Å²) < 4.78 is 32.9. The number of amides is 1. The number of nitrogens with zero attached hydrogens (tertiary/aromatic N) is 5. The van der Waals surface area contributed by atoms with Crippen LogP contribution in [0.2, 0.25) is 0 Å². The van der Waals surface area contributed by atoms with Gasteiger partial charge >= 0.3 is 0 Å². The molecule has 9 nitrogen and oxygen atoms in total. The van der Waals surface area contributed by atoms with E-state index < -0.39 is 10.0 Å². The third-order valence-corrected chi connectivity index (χ3v) is 8.32. The average Bonchev–Trinajstić information content (AvgIpc) is 3.20. The molecule has 0 spiro atoms. The molecule has 38 heavy (non-hydrogen) atoms. The van der Waals surface area contributed by atoms with Crippen molar-refractivity contribution in [3.63, 3.8) is 0 Å². The molecule has 0 aliphatic carbocycles. The molecule has 0 unspecified atom stereocenters. The van der Waals surface area contributed by atoms with Crippen molar-refractivity contribution in [2.75, 3.05) is 51.3 Å². The zero-order chi connectivity index (χ0) is 27.1. The molecule has 1 fully saturated rings. The van der Waals surface area contributed by atoms with Gasteiger partial charge in [-0.25, -0.2) is 8.42 Å². The van der Waals surface area contributed by atoms with E-state index in [0.29, 0.717) is 19.6 Å². The number of rotatable bonds is 9. The highest BCUT2D eigenvalue weighted by Crippen LogP contribution is 2.23. The first-order valence-electron chi connectivity index (χ1n) is 12.5. The van der Waals surface area contributed by atoms with Crippen LogP contribution in [-0.4, -0.2) is 80.1 Å². The molecule has 4 rings (SSSR count). The van der Waals surface area contributed by atoms with Crippen LogP contribution in [0.15, 0.2) is 78.2 Å². The van der Waals surface area contributed by atoms with E-state index in [4.69, 9.17) is 4.74 Å². The summed E-state index contributed by atoms with van der Waals surface area (Å²) in [5, 5.41) is 8.82. The summed E-state index contributed by atoms with van der Waals surface area (Å²) in [5.41, 5.74) is 2.63. The van der Waals surface area contributed by atoms with E-state index in [1.165, 1.54) is 10.4 Å². The molecule has 10 heteroatoms. The molecular formula is C28H33N5O4S. The van der Waals surface area contributed by atoms with Gasteiger partial charge in [-0.3, -0.25) is 4.79 Å². The molecule has 1 amide bonds. The lowest BCUT2D eigenvalue weighted by Crippen LogP contribution is -2.44. The number of hydrogen-bond acceptors (Lipinski definition) is 7.